The SMILES string of the molecule is O=C(C[NH+]1CCN(c2ncccn2)CC1)NCCSCc1ccccc1. The number of anilines is 1. The van der Waals surface area contributed by atoms with Crippen LogP contribution in [0.25, 0.3) is 0 Å². The second kappa shape index (κ2) is 10.1. The first kappa shape index (κ1) is 18.7. The highest BCUT2D eigenvalue weighted by atomic mass is 32.2. The van der Waals surface area contributed by atoms with Gasteiger partial charge >= 0.3 is 0 Å². The zero-order chi connectivity index (χ0) is 18.0. The molecule has 0 aliphatic carbocycles. The van der Waals surface area contributed by atoms with Crippen molar-refractivity contribution >= 4 is 23.6 Å². The second-order valence-corrected chi connectivity index (χ2v) is 7.46. The Labute approximate surface area is 159 Å². The van der Waals surface area contributed by atoms with Crippen LogP contribution in [0.2, 0.25) is 0 Å². The van der Waals surface area contributed by atoms with Crippen LogP contribution in [0, 0.1) is 0 Å². The van der Waals surface area contributed by atoms with Gasteiger partial charge in [0.2, 0.25) is 5.95 Å². The van der Waals surface area contributed by atoms with Crippen molar-refractivity contribution in [3.63, 3.8) is 0 Å². The molecule has 0 atom stereocenters. The molecular formula is C19H26N5OS+. The number of carbonyl (C=O) groups is 1. The molecule has 7 heteroatoms. The van der Waals surface area contributed by atoms with Gasteiger partial charge in [-0.25, -0.2) is 9.97 Å². The molecule has 6 nitrogen and oxygen atoms in total. The van der Waals surface area contributed by atoms with Gasteiger partial charge in [0, 0.05) is 30.4 Å². The maximum absolute atomic E-state index is 12.1. The number of piperazine rings is 1. The Morgan fingerprint density at radius 1 is 1.12 bits per heavy atom. The van der Waals surface area contributed by atoms with Crippen LogP contribution < -0.4 is 15.1 Å². The van der Waals surface area contributed by atoms with Gasteiger partial charge in [-0.3, -0.25) is 4.79 Å². The lowest BCUT2D eigenvalue weighted by atomic mass is 10.2. The highest BCUT2D eigenvalue weighted by Gasteiger charge is 2.23. The molecule has 1 aliphatic rings. The Bertz CT molecular complexity index is 662. The normalized spacial score (nSPS) is 15.0. The van der Waals surface area contributed by atoms with Crippen molar-refractivity contribution in [2.75, 3.05) is 49.9 Å². The number of nitrogens with zero attached hydrogens (tertiary/aromatic N) is 3. The molecule has 0 radical (unpaired) electrons. The van der Waals surface area contributed by atoms with Crippen molar-refractivity contribution in [1.82, 2.24) is 15.3 Å². The average Bonchev–Trinajstić information content (AvgIpc) is 2.70. The Morgan fingerprint density at radius 3 is 2.58 bits per heavy atom. The van der Waals surface area contributed by atoms with Crippen molar-refractivity contribution < 1.29 is 9.69 Å². The molecule has 2 N–H and O–H groups in total. The topological polar surface area (TPSA) is 62.6 Å². The molecular weight excluding hydrogens is 346 g/mol. The van der Waals surface area contributed by atoms with Gasteiger partial charge in [-0.1, -0.05) is 30.3 Å². The third-order valence-electron chi connectivity index (χ3n) is 4.40. The zero-order valence-electron chi connectivity index (χ0n) is 14.9. The number of amides is 1. The van der Waals surface area contributed by atoms with Crippen molar-refractivity contribution in [3.8, 4) is 0 Å². The number of benzene rings is 1. The van der Waals surface area contributed by atoms with Gasteiger partial charge < -0.3 is 15.1 Å². The largest absolute Gasteiger partial charge is 0.350 e. The van der Waals surface area contributed by atoms with Crippen molar-refractivity contribution in [2.24, 2.45) is 0 Å². The predicted molar refractivity (Wildman–Crippen MR) is 105 cm³/mol. The highest BCUT2D eigenvalue weighted by molar-refractivity contribution is 7.98. The standard InChI is InChI=1S/C19H25N5OS/c25-18(20-9-14-26-16-17-5-2-1-3-6-17)15-23-10-12-24(13-11-23)19-21-7-4-8-22-19/h1-8H,9-16H2,(H,20,25)/p+1. The van der Waals surface area contributed by atoms with Crippen LogP contribution in [0.1, 0.15) is 5.56 Å². The third kappa shape index (κ3) is 6.00. The minimum atomic E-state index is 0.143. The van der Waals surface area contributed by atoms with Crippen molar-refractivity contribution in [3.05, 3.63) is 54.4 Å². The van der Waals surface area contributed by atoms with E-state index in [9.17, 15) is 4.79 Å². The van der Waals surface area contributed by atoms with Crippen LogP contribution in [0.15, 0.2) is 48.8 Å². The minimum absolute atomic E-state index is 0.143. The summed E-state index contributed by atoms with van der Waals surface area (Å²) < 4.78 is 0. The van der Waals surface area contributed by atoms with E-state index in [-0.39, 0.29) is 5.91 Å². The molecule has 1 aliphatic heterocycles. The summed E-state index contributed by atoms with van der Waals surface area (Å²) in [7, 11) is 0. The fourth-order valence-corrected chi connectivity index (χ4v) is 3.79. The fraction of sp³-hybridized carbons (Fsp3) is 0.421. The Hall–Kier alpha value is -2.12. The fourth-order valence-electron chi connectivity index (χ4n) is 2.97. The number of hydrogen-bond acceptors (Lipinski definition) is 5. The maximum atomic E-state index is 12.1. The predicted octanol–water partition coefficient (Wildman–Crippen LogP) is 0.231. The van der Waals surface area contributed by atoms with E-state index in [2.05, 4.69) is 44.5 Å². The number of thioether (sulfide) groups is 1. The summed E-state index contributed by atoms with van der Waals surface area (Å²) in [6, 6.07) is 12.2. The molecule has 2 aromatic rings. The molecule has 1 aromatic carbocycles. The zero-order valence-corrected chi connectivity index (χ0v) is 15.8. The first-order valence-electron chi connectivity index (χ1n) is 9.05. The van der Waals surface area contributed by atoms with Gasteiger partial charge in [0.25, 0.3) is 5.91 Å². The van der Waals surface area contributed by atoms with Crippen molar-refractivity contribution in [1.29, 1.82) is 0 Å². The molecule has 1 aromatic heterocycles. The summed E-state index contributed by atoms with van der Waals surface area (Å²) in [5, 5.41) is 3.04. The van der Waals surface area contributed by atoms with E-state index < -0.39 is 0 Å². The molecule has 0 spiro atoms. The van der Waals surface area contributed by atoms with Crippen LogP contribution in [0.5, 0.6) is 0 Å². The molecule has 0 saturated carbocycles. The third-order valence-corrected chi connectivity index (χ3v) is 5.43. The van der Waals surface area contributed by atoms with Crippen LogP contribution in [0.4, 0.5) is 5.95 Å². The van der Waals surface area contributed by atoms with Crippen LogP contribution >= 0.6 is 11.8 Å². The summed E-state index contributed by atoms with van der Waals surface area (Å²) >= 11 is 1.85. The highest BCUT2D eigenvalue weighted by Crippen LogP contribution is 2.10. The van der Waals surface area contributed by atoms with Gasteiger partial charge in [0.1, 0.15) is 0 Å². The molecule has 0 bridgehead atoms. The van der Waals surface area contributed by atoms with Crippen LogP contribution in [-0.4, -0.2) is 60.9 Å². The van der Waals surface area contributed by atoms with Gasteiger partial charge in [-0.15, -0.1) is 0 Å². The molecule has 0 unspecified atom stereocenters. The van der Waals surface area contributed by atoms with E-state index in [1.165, 1.54) is 10.5 Å². The average molecular weight is 373 g/mol. The number of carbonyl (C=O) groups excluding carboxylic acids is 1. The summed E-state index contributed by atoms with van der Waals surface area (Å²) in [5.74, 6) is 2.86. The molecule has 26 heavy (non-hydrogen) atoms. The van der Waals surface area contributed by atoms with Crippen molar-refractivity contribution in [2.45, 2.75) is 5.75 Å². The molecule has 1 amide bonds. The van der Waals surface area contributed by atoms with E-state index >= 15 is 0 Å². The van der Waals surface area contributed by atoms with E-state index in [0.29, 0.717) is 6.54 Å². The minimum Gasteiger partial charge on any atom is -0.350 e. The molecule has 1 saturated heterocycles. The quantitative estimate of drug-likeness (QED) is 0.650. The summed E-state index contributed by atoms with van der Waals surface area (Å²) in [4.78, 5) is 24.2. The first-order valence-corrected chi connectivity index (χ1v) is 10.2. The number of quaternary nitrogens is 1. The van der Waals surface area contributed by atoms with Crippen LogP contribution in [-0.2, 0) is 10.5 Å². The lowest BCUT2D eigenvalue weighted by Crippen LogP contribution is -3.16. The number of aromatic nitrogens is 2. The lowest BCUT2D eigenvalue weighted by molar-refractivity contribution is -0.892. The van der Waals surface area contributed by atoms with Crippen LogP contribution in [0.3, 0.4) is 0 Å². The van der Waals surface area contributed by atoms with Gasteiger partial charge in [-0.05, 0) is 11.6 Å². The lowest BCUT2D eigenvalue weighted by Gasteiger charge is -2.31. The van der Waals surface area contributed by atoms with E-state index in [4.69, 9.17) is 0 Å². The molecule has 2 heterocycles. The molecule has 138 valence electrons. The Balaban J connectivity index is 1.27. The Morgan fingerprint density at radius 2 is 1.85 bits per heavy atom. The van der Waals surface area contributed by atoms with E-state index in [1.807, 2.05) is 23.9 Å². The summed E-state index contributed by atoms with van der Waals surface area (Å²) in [6.45, 7) is 4.93. The monoisotopic (exact) mass is 372 g/mol. The smallest absolute Gasteiger partial charge is 0.275 e. The second-order valence-electron chi connectivity index (χ2n) is 6.35. The molecule has 1 fully saturated rings. The first-order chi connectivity index (χ1) is 12.8. The van der Waals surface area contributed by atoms with E-state index in [0.717, 1.165) is 50.2 Å². The van der Waals surface area contributed by atoms with Gasteiger partial charge in [0.05, 0.1) is 26.2 Å². The number of rotatable bonds is 8. The van der Waals surface area contributed by atoms with E-state index in [1.54, 1.807) is 12.4 Å². The summed E-state index contributed by atoms with van der Waals surface area (Å²) in [6.07, 6.45) is 3.54. The summed E-state index contributed by atoms with van der Waals surface area (Å²) in [5.41, 5.74) is 1.33. The number of hydrogen-bond donors (Lipinski definition) is 2. The maximum Gasteiger partial charge on any atom is 0.275 e. The van der Waals surface area contributed by atoms with Gasteiger partial charge in [-0.2, -0.15) is 11.8 Å². The van der Waals surface area contributed by atoms with Gasteiger partial charge in [0.15, 0.2) is 6.54 Å². The number of nitrogens with one attached hydrogen (secondary N) is 2. The Kier molecular flexibility index (Phi) is 7.27. The molecule has 3 rings (SSSR count).